The number of hydrogen-bond acceptors (Lipinski definition) is 10. The number of esters is 4. The lowest BCUT2D eigenvalue weighted by Gasteiger charge is -2.51. The molecule has 11 nitrogen and oxygen atoms in total. The molecule has 0 radical (unpaired) electrons. The zero-order valence-electron chi connectivity index (χ0n) is 23.8. The number of anilines is 1. The summed E-state index contributed by atoms with van der Waals surface area (Å²) in [6.07, 6.45) is 0. The average molecular weight is 573 g/mol. The summed E-state index contributed by atoms with van der Waals surface area (Å²) in [4.78, 5) is 55.8. The van der Waals surface area contributed by atoms with E-state index in [0.29, 0.717) is 28.5 Å². The van der Waals surface area contributed by atoms with Gasteiger partial charge in [0.15, 0.2) is 0 Å². The topological polar surface area (TPSA) is 123 Å². The Kier molecular flexibility index (Phi) is 7.11. The lowest BCUT2D eigenvalue weighted by atomic mass is 9.74. The Labute approximate surface area is 241 Å². The average Bonchev–Trinajstić information content (AvgIpc) is 3.43. The number of aromatic nitrogens is 1. The predicted octanol–water partition coefficient (Wildman–Crippen LogP) is 3.44. The summed E-state index contributed by atoms with van der Waals surface area (Å²) in [6, 6.07) is 18.4. The van der Waals surface area contributed by atoms with Crippen LogP contribution < -0.4 is 9.64 Å². The third-order valence-corrected chi connectivity index (χ3v) is 7.52. The quantitative estimate of drug-likeness (QED) is 0.321. The summed E-state index contributed by atoms with van der Waals surface area (Å²) in [6.45, 7) is 1.64. The van der Waals surface area contributed by atoms with E-state index in [1.807, 2.05) is 47.0 Å². The second-order valence-electron chi connectivity index (χ2n) is 9.48. The van der Waals surface area contributed by atoms with Crippen LogP contribution in [0.15, 0.2) is 83.1 Å². The fourth-order valence-corrected chi connectivity index (χ4v) is 5.83. The molecule has 216 valence electrons. The van der Waals surface area contributed by atoms with E-state index in [0.717, 1.165) is 34.0 Å². The molecule has 0 saturated heterocycles. The molecule has 42 heavy (non-hydrogen) atoms. The number of hydrogen-bond donors (Lipinski definition) is 0. The van der Waals surface area contributed by atoms with Gasteiger partial charge in [-0.3, -0.25) is 0 Å². The molecule has 0 saturated carbocycles. The van der Waals surface area contributed by atoms with E-state index in [1.54, 1.807) is 25.1 Å². The van der Waals surface area contributed by atoms with Gasteiger partial charge < -0.3 is 33.2 Å². The zero-order valence-corrected chi connectivity index (χ0v) is 23.8. The molecule has 3 aromatic rings. The Balaban J connectivity index is 2.07. The van der Waals surface area contributed by atoms with Gasteiger partial charge in [0.2, 0.25) is 0 Å². The summed E-state index contributed by atoms with van der Waals surface area (Å²) in [7, 11) is 5.96. The summed E-state index contributed by atoms with van der Waals surface area (Å²) in [5.41, 5.74) is -0.336. The van der Waals surface area contributed by atoms with Crippen LogP contribution in [0.1, 0.15) is 12.6 Å². The molecule has 0 amide bonds. The van der Waals surface area contributed by atoms with Crippen molar-refractivity contribution in [3.63, 3.8) is 0 Å². The SMILES string of the molecule is COC(=O)C1=C(C(=O)OC)N2c3ccccc3-n3c(-c4ccccc4)cc(OC)c3C2(C)C(C(=O)OC)=C1C(=O)OC. The van der Waals surface area contributed by atoms with Gasteiger partial charge in [-0.15, -0.1) is 0 Å². The Morgan fingerprint density at radius 1 is 0.667 bits per heavy atom. The molecule has 11 heteroatoms. The summed E-state index contributed by atoms with van der Waals surface area (Å²) >= 11 is 0. The van der Waals surface area contributed by atoms with Crippen molar-refractivity contribution in [1.82, 2.24) is 4.57 Å². The number of para-hydroxylation sites is 2. The van der Waals surface area contributed by atoms with Gasteiger partial charge in [0, 0.05) is 6.07 Å². The van der Waals surface area contributed by atoms with Gasteiger partial charge >= 0.3 is 23.9 Å². The number of methoxy groups -OCH3 is 5. The molecule has 2 aliphatic rings. The van der Waals surface area contributed by atoms with Crippen LogP contribution in [0.25, 0.3) is 16.9 Å². The summed E-state index contributed by atoms with van der Waals surface area (Å²) < 4.78 is 28.2. The Hall–Kier alpha value is -5.32. The molecule has 0 spiro atoms. The van der Waals surface area contributed by atoms with Crippen molar-refractivity contribution in [2.75, 3.05) is 40.4 Å². The molecule has 1 atom stereocenters. The standard InChI is InChI=1S/C31H28N2O9/c1-31-24(29(36)41-5)22(27(34)39-3)23(28(35)40-4)25(30(37)42-6)33(31)19-15-11-10-14-18(19)32-20(16-21(38-2)26(31)32)17-12-8-7-9-13-17/h7-16H,1-6H3. The number of nitrogens with zero attached hydrogens (tertiary/aromatic N) is 2. The minimum Gasteiger partial charge on any atom is -0.495 e. The maximum Gasteiger partial charge on any atom is 0.355 e. The minimum atomic E-state index is -1.69. The number of rotatable bonds is 6. The van der Waals surface area contributed by atoms with Gasteiger partial charge in [-0.2, -0.15) is 0 Å². The number of benzene rings is 2. The van der Waals surface area contributed by atoms with Crippen LogP contribution in [0.2, 0.25) is 0 Å². The van der Waals surface area contributed by atoms with Crippen LogP contribution in [0, 0.1) is 0 Å². The smallest absolute Gasteiger partial charge is 0.355 e. The van der Waals surface area contributed by atoms with Gasteiger partial charge in [0.1, 0.15) is 22.6 Å². The predicted molar refractivity (Wildman–Crippen MR) is 150 cm³/mol. The first-order chi connectivity index (χ1) is 20.2. The van der Waals surface area contributed by atoms with E-state index in [4.69, 9.17) is 23.7 Å². The number of ether oxygens (including phenoxy) is 5. The van der Waals surface area contributed by atoms with E-state index in [-0.39, 0.29) is 11.3 Å². The maximum absolute atomic E-state index is 13.8. The van der Waals surface area contributed by atoms with Crippen LogP contribution >= 0.6 is 0 Å². The highest BCUT2D eigenvalue weighted by Gasteiger charge is 2.59. The molecule has 0 aliphatic carbocycles. The van der Waals surface area contributed by atoms with E-state index in [1.165, 1.54) is 12.0 Å². The first kappa shape index (κ1) is 28.2. The Bertz CT molecular complexity index is 1700. The lowest BCUT2D eigenvalue weighted by Crippen LogP contribution is -2.56. The van der Waals surface area contributed by atoms with Gasteiger partial charge in [-0.05, 0) is 24.6 Å². The van der Waals surface area contributed by atoms with E-state index in [9.17, 15) is 19.2 Å². The molecule has 0 N–H and O–H groups in total. The van der Waals surface area contributed by atoms with Crippen LogP contribution in [0.4, 0.5) is 5.69 Å². The molecular weight excluding hydrogens is 544 g/mol. The van der Waals surface area contributed by atoms with Gasteiger partial charge in [-0.1, -0.05) is 42.5 Å². The zero-order chi connectivity index (χ0) is 30.3. The monoisotopic (exact) mass is 572 g/mol. The van der Waals surface area contributed by atoms with Crippen molar-refractivity contribution in [2.24, 2.45) is 0 Å². The molecular formula is C31H28N2O9. The van der Waals surface area contributed by atoms with Crippen LogP contribution in [-0.2, 0) is 43.7 Å². The minimum absolute atomic E-state index is 0.267. The molecule has 1 unspecified atom stereocenters. The molecule has 5 rings (SSSR count). The van der Waals surface area contributed by atoms with Crippen LogP contribution in [0.3, 0.4) is 0 Å². The highest BCUT2D eigenvalue weighted by molar-refractivity contribution is 6.19. The fraction of sp³-hybridized carbons (Fsp3) is 0.226. The summed E-state index contributed by atoms with van der Waals surface area (Å²) in [5.74, 6) is -3.67. The normalized spacial score (nSPS) is 17.0. The van der Waals surface area contributed by atoms with Gasteiger partial charge in [-0.25, -0.2) is 19.2 Å². The number of carbonyl (C=O) groups excluding carboxylic acids is 4. The molecule has 0 bridgehead atoms. The van der Waals surface area contributed by atoms with Crippen molar-refractivity contribution in [3.05, 3.63) is 88.8 Å². The van der Waals surface area contributed by atoms with Gasteiger partial charge in [0.25, 0.3) is 0 Å². The van der Waals surface area contributed by atoms with Crippen molar-refractivity contribution in [3.8, 4) is 22.7 Å². The molecule has 0 fully saturated rings. The number of carbonyl (C=O) groups is 4. The lowest BCUT2D eigenvalue weighted by molar-refractivity contribution is -0.142. The number of fused-ring (bicyclic) bond motifs is 6. The largest absolute Gasteiger partial charge is 0.495 e. The van der Waals surface area contributed by atoms with Crippen molar-refractivity contribution in [2.45, 2.75) is 12.5 Å². The Morgan fingerprint density at radius 2 is 1.21 bits per heavy atom. The third-order valence-electron chi connectivity index (χ3n) is 7.52. The van der Waals surface area contributed by atoms with E-state index >= 15 is 0 Å². The second-order valence-corrected chi connectivity index (χ2v) is 9.48. The molecule has 2 aliphatic heterocycles. The summed E-state index contributed by atoms with van der Waals surface area (Å²) in [5, 5.41) is 0. The molecule has 1 aromatic heterocycles. The van der Waals surface area contributed by atoms with E-state index in [2.05, 4.69) is 0 Å². The van der Waals surface area contributed by atoms with Crippen LogP contribution in [-0.4, -0.2) is 64.0 Å². The van der Waals surface area contributed by atoms with Gasteiger partial charge in [0.05, 0.1) is 69.5 Å². The highest BCUT2D eigenvalue weighted by atomic mass is 16.5. The first-order valence-electron chi connectivity index (χ1n) is 12.8. The van der Waals surface area contributed by atoms with Crippen molar-refractivity contribution in [1.29, 1.82) is 0 Å². The second kappa shape index (κ2) is 10.6. The fourth-order valence-electron chi connectivity index (χ4n) is 5.83. The van der Waals surface area contributed by atoms with Crippen molar-refractivity contribution >= 4 is 29.6 Å². The molecule has 2 aromatic carbocycles. The molecule has 3 heterocycles. The van der Waals surface area contributed by atoms with Crippen LogP contribution in [0.5, 0.6) is 5.75 Å². The van der Waals surface area contributed by atoms with E-state index < -0.39 is 40.6 Å². The first-order valence-corrected chi connectivity index (χ1v) is 12.8. The van der Waals surface area contributed by atoms with Crippen molar-refractivity contribution < 1.29 is 42.9 Å². The highest BCUT2D eigenvalue weighted by Crippen LogP contribution is 2.57. The maximum atomic E-state index is 13.8. The Morgan fingerprint density at radius 3 is 1.79 bits per heavy atom. The third kappa shape index (κ3) is 3.80.